The largest absolute Gasteiger partial charge is 0.464 e. The fourth-order valence-corrected chi connectivity index (χ4v) is 2.00. The summed E-state index contributed by atoms with van der Waals surface area (Å²) in [6.45, 7) is 4.01. The van der Waals surface area contributed by atoms with Gasteiger partial charge in [-0.3, -0.25) is 19.7 Å². The number of ether oxygens (including phenoxy) is 2. The third-order valence-corrected chi connectivity index (χ3v) is 2.93. The number of nitro groups is 1. The van der Waals surface area contributed by atoms with E-state index in [-0.39, 0.29) is 12.3 Å². The molecule has 0 bridgehead atoms. The number of nitro benzene ring substituents is 1. The first-order valence-corrected chi connectivity index (χ1v) is 7.11. The molecule has 1 amide bonds. The van der Waals surface area contributed by atoms with Gasteiger partial charge in [0, 0.05) is 26.0 Å². The quantitative estimate of drug-likeness (QED) is 0.451. The van der Waals surface area contributed by atoms with E-state index in [9.17, 15) is 24.5 Å². The maximum Gasteiger partial charge on any atom is 0.332 e. The van der Waals surface area contributed by atoms with Gasteiger partial charge in [-0.1, -0.05) is 0 Å². The average Bonchev–Trinajstić information content (AvgIpc) is 2.50. The number of carbonyl (C=O) groups is 3. The number of benzene rings is 1. The Morgan fingerprint density at radius 3 is 2.21 bits per heavy atom. The summed E-state index contributed by atoms with van der Waals surface area (Å²) in [5.74, 6) is -1.98. The van der Waals surface area contributed by atoms with Gasteiger partial charge in [-0.15, -0.1) is 0 Å². The van der Waals surface area contributed by atoms with Gasteiger partial charge in [0.05, 0.1) is 11.5 Å². The first-order valence-electron chi connectivity index (χ1n) is 7.11. The van der Waals surface area contributed by atoms with Crippen molar-refractivity contribution in [1.82, 2.24) is 5.32 Å². The Balaban J connectivity index is 3.23. The molecule has 9 nitrogen and oxygen atoms in total. The van der Waals surface area contributed by atoms with E-state index in [1.807, 2.05) is 0 Å². The lowest BCUT2D eigenvalue weighted by atomic mass is 10.0. The summed E-state index contributed by atoms with van der Waals surface area (Å²) in [5.41, 5.74) is 0.148. The molecule has 1 rings (SSSR count). The Labute approximate surface area is 138 Å². The first kappa shape index (κ1) is 19.1. The van der Waals surface area contributed by atoms with Crippen molar-refractivity contribution in [2.45, 2.75) is 32.9 Å². The van der Waals surface area contributed by atoms with Crippen LogP contribution < -0.4 is 5.32 Å². The summed E-state index contributed by atoms with van der Waals surface area (Å²) in [7, 11) is 0. The molecule has 0 fully saturated rings. The monoisotopic (exact) mass is 338 g/mol. The van der Waals surface area contributed by atoms with Crippen molar-refractivity contribution in [3.05, 3.63) is 39.9 Å². The third kappa shape index (κ3) is 5.34. The highest BCUT2D eigenvalue weighted by Crippen LogP contribution is 2.25. The van der Waals surface area contributed by atoms with Crippen LogP contribution in [-0.2, 0) is 23.9 Å². The number of esters is 2. The number of hydrogen-bond donors (Lipinski definition) is 1. The second kappa shape index (κ2) is 8.61. The summed E-state index contributed by atoms with van der Waals surface area (Å²) in [4.78, 5) is 45.0. The molecule has 0 aromatic heterocycles. The van der Waals surface area contributed by atoms with E-state index in [4.69, 9.17) is 9.47 Å². The number of nitrogens with one attached hydrogen (secondary N) is 1. The van der Waals surface area contributed by atoms with Gasteiger partial charge in [0.1, 0.15) is 0 Å². The van der Waals surface area contributed by atoms with Gasteiger partial charge in [0.25, 0.3) is 5.69 Å². The van der Waals surface area contributed by atoms with Crippen LogP contribution in [-0.4, -0.2) is 35.4 Å². The van der Waals surface area contributed by atoms with E-state index in [0.717, 1.165) is 6.92 Å². The van der Waals surface area contributed by atoms with Crippen molar-refractivity contribution in [2.75, 3.05) is 6.61 Å². The van der Waals surface area contributed by atoms with Gasteiger partial charge in [-0.25, -0.2) is 4.79 Å². The van der Waals surface area contributed by atoms with Crippen LogP contribution in [0.15, 0.2) is 24.3 Å². The zero-order valence-electron chi connectivity index (χ0n) is 13.5. The maximum atomic E-state index is 12.1. The third-order valence-electron chi connectivity index (χ3n) is 2.93. The number of carbonyl (C=O) groups excluding carboxylic acids is 3. The summed E-state index contributed by atoms with van der Waals surface area (Å²) in [6.07, 6.45) is -1.17. The lowest BCUT2D eigenvalue weighted by molar-refractivity contribution is -0.384. The molecule has 0 aliphatic rings. The number of rotatable bonds is 7. The molecule has 0 aliphatic heterocycles. The summed E-state index contributed by atoms with van der Waals surface area (Å²) >= 11 is 0. The van der Waals surface area contributed by atoms with E-state index in [1.54, 1.807) is 6.92 Å². The predicted molar refractivity (Wildman–Crippen MR) is 81.8 cm³/mol. The maximum absolute atomic E-state index is 12.1. The van der Waals surface area contributed by atoms with E-state index in [0.29, 0.717) is 5.56 Å². The highest BCUT2D eigenvalue weighted by atomic mass is 16.6. The molecule has 24 heavy (non-hydrogen) atoms. The van der Waals surface area contributed by atoms with Gasteiger partial charge in [-0.2, -0.15) is 0 Å². The zero-order valence-corrected chi connectivity index (χ0v) is 13.5. The molecule has 1 aromatic rings. The normalized spacial score (nSPS) is 12.6. The standard InChI is InChI=1S/C15H18N2O7/c1-4-23-15(20)13(16-9(2)18)14(24-10(3)19)11-5-7-12(8-6-11)17(21)22/h5-8,13-14H,4H2,1-3H3,(H,16,18)/t13-,14-/m1/s1. The Kier molecular flexibility index (Phi) is 6.84. The molecule has 0 saturated heterocycles. The van der Waals surface area contributed by atoms with Crippen molar-refractivity contribution in [2.24, 2.45) is 0 Å². The highest BCUT2D eigenvalue weighted by Gasteiger charge is 2.34. The van der Waals surface area contributed by atoms with Gasteiger partial charge in [-0.05, 0) is 24.6 Å². The molecular formula is C15H18N2O7. The van der Waals surface area contributed by atoms with Crippen molar-refractivity contribution in [3.63, 3.8) is 0 Å². The summed E-state index contributed by atoms with van der Waals surface area (Å²) < 4.78 is 10.0. The van der Waals surface area contributed by atoms with Gasteiger partial charge in [0.15, 0.2) is 12.1 Å². The van der Waals surface area contributed by atoms with Gasteiger partial charge in [0.2, 0.25) is 5.91 Å². The minimum Gasteiger partial charge on any atom is -0.464 e. The van der Waals surface area contributed by atoms with Crippen molar-refractivity contribution in [3.8, 4) is 0 Å². The molecule has 2 atom stereocenters. The molecular weight excluding hydrogens is 320 g/mol. The van der Waals surface area contributed by atoms with E-state index < -0.39 is 34.9 Å². The Morgan fingerprint density at radius 2 is 1.79 bits per heavy atom. The zero-order chi connectivity index (χ0) is 18.3. The van der Waals surface area contributed by atoms with Crippen LogP contribution in [0.25, 0.3) is 0 Å². The molecule has 9 heteroatoms. The molecule has 0 radical (unpaired) electrons. The molecule has 0 heterocycles. The van der Waals surface area contributed by atoms with Crippen LogP contribution in [0.2, 0.25) is 0 Å². The Morgan fingerprint density at radius 1 is 1.21 bits per heavy atom. The molecule has 0 spiro atoms. The van der Waals surface area contributed by atoms with Crippen LogP contribution in [0.4, 0.5) is 5.69 Å². The van der Waals surface area contributed by atoms with Crippen LogP contribution in [0, 0.1) is 10.1 Å². The SMILES string of the molecule is CCOC(=O)[C@H](NC(C)=O)[C@H](OC(C)=O)c1ccc([N+](=O)[O-])cc1. The first-order chi connectivity index (χ1) is 11.3. The molecule has 130 valence electrons. The fourth-order valence-electron chi connectivity index (χ4n) is 2.00. The van der Waals surface area contributed by atoms with Gasteiger partial charge < -0.3 is 14.8 Å². The highest BCUT2D eigenvalue weighted by molar-refractivity contribution is 5.84. The molecule has 0 saturated carbocycles. The van der Waals surface area contributed by atoms with E-state index in [1.165, 1.54) is 31.2 Å². The van der Waals surface area contributed by atoms with Crippen molar-refractivity contribution in [1.29, 1.82) is 0 Å². The fraction of sp³-hybridized carbons (Fsp3) is 0.400. The summed E-state index contributed by atoms with van der Waals surface area (Å²) in [6, 6.07) is 3.84. The van der Waals surface area contributed by atoms with Crippen molar-refractivity contribution >= 4 is 23.5 Å². The minimum absolute atomic E-state index is 0.0714. The van der Waals surface area contributed by atoms with Gasteiger partial charge >= 0.3 is 11.9 Å². The smallest absolute Gasteiger partial charge is 0.332 e. The van der Waals surface area contributed by atoms with Crippen LogP contribution in [0.5, 0.6) is 0 Å². The van der Waals surface area contributed by atoms with Crippen LogP contribution in [0.1, 0.15) is 32.4 Å². The predicted octanol–water partition coefficient (Wildman–Crippen LogP) is 1.27. The number of amides is 1. The van der Waals surface area contributed by atoms with Crippen LogP contribution >= 0.6 is 0 Å². The topological polar surface area (TPSA) is 125 Å². The lowest BCUT2D eigenvalue weighted by Crippen LogP contribution is -2.46. The van der Waals surface area contributed by atoms with E-state index >= 15 is 0 Å². The van der Waals surface area contributed by atoms with Crippen LogP contribution in [0.3, 0.4) is 0 Å². The number of non-ortho nitro benzene ring substituents is 1. The lowest BCUT2D eigenvalue weighted by Gasteiger charge is -2.26. The van der Waals surface area contributed by atoms with E-state index in [2.05, 4.69) is 5.32 Å². The summed E-state index contributed by atoms with van der Waals surface area (Å²) in [5, 5.41) is 13.1. The Hall–Kier alpha value is -2.97. The van der Waals surface area contributed by atoms with Crippen molar-refractivity contribution < 1.29 is 28.8 Å². The minimum atomic E-state index is -1.27. The molecule has 1 aromatic carbocycles. The average molecular weight is 338 g/mol. The number of hydrogen-bond acceptors (Lipinski definition) is 7. The number of nitrogens with zero attached hydrogens (tertiary/aromatic N) is 1. The molecule has 1 N–H and O–H groups in total. The second-order valence-electron chi connectivity index (χ2n) is 4.81. The second-order valence-corrected chi connectivity index (χ2v) is 4.81. The molecule has 0 aliphatic carbocycles. The molecule has 0 unspecified atom stereocenters. The Bertz CT molecular complexity index is 627.